The van der Waals surface area contributed by atoms with E-state index in [1.807, 2.05) is 43.0 Å². The van der Waals surface area contributed by atoms with E-state index < -0.39 is 0 Å². The largest absolute Gasteiger partial charge is 0.135 e. The number of thiophene rings is 1. The lowest BCUT2D eigenvalue weighted by molar-refractivity contribution is 1.13. The Morgan fingerprint density at radius 3 is 2.33 bits per heavy atom. The Bertz CT molecular complexity index is 1860. The highest BCUT2D eigenvalue weighted by Crippen LogP contribution is 2.45. The molecule has 1 aliphatic heterocycles. The van der Waals surface area contributed by atoms with E-state index in [0.717, 1.165) is 25.0 Å². The van der Waals surface area contributed by atoms with Crippen molar-refractivity contribution in [2.75, 3.05) is 5.75 Å². The van der Waals surface area contributed by atoms with Gasteiger partial charge in [-0.15, -0.1) is 23.1 Å². The molecule has 0 atom stereocenters. The summed E-state index contributed by atoms with van der Waals surface area (Å²) in [6.07, 6.45) is 27.4. The van der Waals surface area contributed by atoms with Crippen LogP contribution in [0, 0.1) is 6.92 Å². The minimum atomic E-state index is 0.885. The van der Waals surface area contributed by atoms with Gasteiger partial charge in [0.2, 0.25) is 0 Å². The smallest absolute Gasteiger partial charge is 0.0430 e. The van der Waals surface area contributed by atoms with Gasteiger partial charge in [0.15, 0.2) is 0 Å². The van der Waals surface area contributed by atoms with E-state index in [1.165, 1.54) is 75.6 Å². The second kappa shape index (κ2) is 20.6. The summed E-state index contributed by atoms with van der Waals surface area (Å²) in [5, 5.41) is 1.31. The van der Waals surface area contributed by atoms with Crippen LogP contribution in [0.2, 0.25) is 0 Å². The summed E-state index contributed by atoms with van der Waals surface area (Å²) in [4.78, 5) is 2.77. The number of hydrogen-bond donors (Lipinski definition) is 0. The molecular formula is C47H56S2. The number of allylic oxidation sites excluding steroid dienone is 17. The van der Waals surface area contributed by atoms with Gasteiger partial charge < -0.3 is 0 Å². The molecule has 0 bridgehead atoms. The molecular weight excluding hydrogens is 629 g/mol. The van der Waals surface area contributed by atoms with Crippen LogP contribution < -0.4 is 0 Å². The van der Waals surface area contributed by atoms with Gasteiger partial charge in [-0.1, -0.05) is 142 Å². The normalized spacial score (nSPS) is 18.0. The number of fused-ring (bicyclic) bond motifs is 1. The number of benzene rings is 2. The fraction of sp³-hybridized carbons (Fsp3) is 0.277. The van der Waals surface area contributed by atoms with E-state index in [2.05, 4.69) is 164 Å². The highest BCUT2D eigenvalue weighted by Gasteiger charge is 2.23. The molecule has 4 rings (SSSR count). The standard InChI is InChI=1S/C45H50S2.C2H6/c1-9-13-22-37-29-28-36(23-18-31-46-41(37)12-4)34(8)43(39-24-15-14-21-33(39)7)44-40-25-16-17-26-42(40)47-45(44)38(20-11-3)30-27-35(19-10-2)32(5)6;1-2/h9-11,13-26,28,30H,1,12,27,29,31H2,2-8H3;1-2H3/b19-10-,20-11-,22-13-,23-18-,36-28+,38-30+,41-37-,43-34-;. The van der Waals surface area contributed by atoms with Crippen molar-refractivity contribution in [2.24, 2.45) is 0 Å². The first-order valence-electron chi connectivity index (χ1n) is 17.8. The average molecular weight is 685 g/mol. The molecule has 0 N–H and O–H groups in total. The van der Waals surface area contributed by atoms with Crippen LogP contribution in [0.1, 0.15) is 96.2 Å². The molecule has 1 aliphatic rings. The van der Waals surface area contributed by atoms with Gasteiger partial charge in [0.05, 0.1) is 0 Å². The van der Waals surface area contributed by atoms with Crippen LogP contribution in [0.15, 0.2) is 155 Å². The van der Waals surface area contributed by atoms with Gasteiger partial charge in [-0.05, 0) is 116 Å². The molecule has 2 aromatic carbocycles. The van der Waals surface area contributed by atoms with Crippen LogP contribution in [0.5, 0.6) is 0 Å². The third-order valence-corrected chi connectivity index (χ3v) is 11.0. The van der Waals surface area contributed by atoms with Gasteiger partial charge in [-0.3, -0.25) is 0 Å². The van der Waals surface area contributed by atoms with Crippen LogP contribution in [0.25, 0.3) is 21.2 Å². The minimum Gasteiger partial charge on any atom is -0.135 e. The summed E-state index contributed by atoms with van der Waals surface area (Å²) in [5.74, 6) is 0.957. The molecule has 0 fully saturated rings. The predicted molar refractivity (Wildman–Crippen MR) is 228 cm³/mol. The quantitative estimate of drug-likeness (QED) is 0.181. The molecule has 49 heavy (non-hydrogen) atoms. The topological polar surface area (TPSA) is 0 Å². The summed E-state index contributed by atoms with van der Waals surface area (Å²) in [6.45, 7) is 23.4. The highest BCUT2D eigenvalue weighted by molar-refractivity contribution is 8.03. The fourth-order valence-electron chi connectivity index (χ4n) is 6.07. The van der Waals surface area contributed by atoms with Crippen molar-refractivity contribution in [2.45, 2.75) is 81.6 Å². The Kier molecular flexibility index (Phi) is 16.7. The molecule has 0 amide bonds. The molecule has 0 aliphatic carbocycles. The van der Waals surface area contributed by atoms with Crippen molar-refractivity contribution in [3.8, 4) is 0 Å². The number of thioether (sulfide) groups is 1. The van der Waals surface area contributed by atoms with Crippen LogP contribution in [0.3, 0.4) is 0 Å². The molecule has 1 aromatic heterocycles. The number of hydrogen-bond acceptors (Lipinski definition) is 2. The zero-order valence-electron chi connectivity index (χ0n) is 31.3. The maximum atomic E-state index is 3.93. The Labute approximate surface area is 306 Å². The maximum absolute atomic E-state index is 3.93. The molecule has 3 aromatic rings. The molecule has 0 radical (unpaired) electrons. The Morgan fingerprint density at radius 1 is 0.939 bits per heavy atom. The van der Waals surface area contributed by atoms with Gasteiger partial charge >= 0.3 is 0 Å². The van der Waals surface area contributed by atoms with E-state index in [0.29, 0.717) is 0 Å². The third-order valence-electron chi connectivity index (χ3n) is 8.53. The molecule has 2 heterocycles. The van der Waals surface area contributed by atoms with Crippen molar-refractivity contribution in [3.05, 3.63) is 176 Å². The van der Waals surface area contributed by atoms with Crippen molar-refractivity contribution in [3.63, 3.8) is 0 Å². The maximum Gasteiger partial charge on any atom is 0.0430 e. The molecule has 0 saturated carbocycles. The van der Waals surface area contributed by atoms with E-state index in [1.54, 1.807) is 0 Å². The second-order valence-electron chi connectivity index (χ2n) is 12.0. The number of aryl methyl sites for hydroxylation is 1. The summed E-state index contributed by atoms with van der Waals surface area (Å²) < 4.78 is 1.31. The zero-order chi connectivity index (χ0) is 35.8. The fourth-order valence-corrected chi connectivity index (χ4v) is 8.23. The van der Waals surface area contributed by atoms with Crippen LogP contribution >= 0.6 is 23.1 Å². The van der Waals surface area contributed by atoms with Crippen molar-refractivity contribution < 1.29 is 0 Å². The third kappa shape index (κ3) is 10.3. The van der Waals surface area contributed by atoms with E-state index >= 15 is 0 Å². The Balaban J connectivity index is 0.00000319. The molecule has 2 heteroatoms. The van der Waals surface area contributed by atoms with Crippen LogP contribution in [-0.2, 0) is 0 Å². The monoisotopic (exact) mass is 684 g/mol. The van der Waals surface area contributed by atoms with Crippen molar-refractivity contribution in [1.82, 2.24) is 0 Å². The SMILES string of the molecule is C=C/C=C\C1=C(/CC)SC\C=C/C(C(/C)=C(/c2ccccc2C)c2c(C(/C=C\C)=C/CC(/C=C\C)=C(C)C)sc3ccccc23)=C\C1.CC. The minimum absolute atomic E-state index is 0.885. The van der Waals surface area contributed by atoms with E-state index in [9.17, 15) is 0 Å². The Morgan fingerprint density at radius 2 is 1.65 bits per heavy atom. The second-order valence-corrected chi connectivity index (χ2v) is 14.1. The first kappa shape index (κ1) is 39.6. The zero-order valence-corrected chi connectivity index (χ0v) is 33.0. The van der Waals surface area contributed by atoms with Gasteiger partial charge in [0.1, 0.15) is 0 Å². The van der Waals surface area contributed by atoms with Gasteiger partial charge in [0.25, 0.3) is 0 Å². The molecule has 0 spiro atoms. The molecule has 0 unspecified atom stereocenters. The Hall–Kier alpha value is -3.85. The van der Waals surface area contributed by atoms with E-state index in [-0.39, 0.29) is 0 Å². The van der Waals surface area contributed by atoms with Crippen molar-refractivity contribution >= 4 is 44.3 Å². The molecule has 0 saturated heterocycles. The van der Waals surface area contributed by atoms with Crippen LogP contribution in [0.4, 0.5) is 0 Å². The predicted octanol–water partition coefficient (Wildman–Crippen LogP) is 15.3. The highest BCUT2D eigenvalue weighted by atomic mass is 32.2. The molecule has 0 nitrogen and oxygen atoms in total. The van der Waals surface area contributed by atoms with Gasteiger partial charge in [-0.2, -0.15) is 0 Å². The van der Waals surface area contributed by atoms with E-state index in [4.69, 9.17) is 0 Å². The summed E-state index contributed by atoms with van der Waals surface area (Å²) in [6, 6.07) is 17.8. The lowest BCUT2D eigenvalue weighted by Gasteiger charge is -2.19. The first-order chi connectivity index (χ1) is 23.8. The summed E-state index contributed by atoms with van der Waals surface area (Å²) in [7, 11) is 0. The average Bonchev–Trinajstić information content (AvgIpc) is 3.53. The summed E-state index contributed by atoms with van der Waals surface area (Å²) in [5.41, 5.74) is 13.2. The van der Waals surface area contributed by atoms with Crippen molar-refractivity contribution in [1.29, 1.82) is 0 Å². The lowest BCUT2D eigenvalue weighted by atomic mass is 9.85. The van der Waals surface area contributed by atoms with Crippen LogP contribution in [-0.4, -0.2) is 5.75 Å². The van der Waals surface area contributed by atoms with Gasteiger partial charge in [0, 0.05) is 26.3 Å². The van der Waals surface area contributed by atoms with Gasteiger partial charge in [-0.25, -0.2) is 0 Å². The lowest BCUT2D eigenvalue weighted by Crippen LogP contribution is -1.99. The molecule has 256 valence electrons. The number of rotatable bonds is 11. The summed E-state index contributed by atoms with van der Waals surface area (Å²) >= 11 is 3.86. The first-order valence-corrected chi connectivity index (χ1v) is 19.6.